The molecule has 0 N–H and O–H groups in total. The van der Waals surface area contributed by atoms with Gasteiger partial charge in [-0.2, -0.15) is 0 Å². The van der Waals surface area contributed by atoms with Crippen molar-refractivity contribution < 1.29 is 4.79 Å². The Morgan fingerprint density at radius 2 is 2.23 bits per heavy atom. The van der Waals surface area contributed by atoms with E-state index in [1.165, 1.54) is 0 Å². The summed E-state index contributed by atoms with van der Waals surface area (Å²) >= 11 is 13.1. The minimum atomic E-state index is 0.137. The van der Waals surface area contributed by atoms with Gasteiger partial charge in [-0.1, -0.05) is 33.6 Å². The zero-order valence-electron chi connectivity index (χ0n) is 6.76. The van der Waals surface area contributed by atoms with Crippen molar-refractivity contribution in [2.24, 2.45) is 0 Å². The Balaban J connectivity index is 2.83. The molecule has 0 heterocycles. The van der Waals surface area contributed by atoms with Crippen LogP contribution in [0.15, 0.2) is 23.1 Å². The molecule has 0 aliphatic carbocycles. The lowest BCUT2D eigenvalue weighted by Crippen LogP contribution is -2.03. The van der Waals surface area contributed by atoms with Crippen molar-refractivity contribution in [1.82, 2.24) is 0 Å². The van der Waals surface area contributed by atoms with E-state index in [0.717, 1.165) is 10.5 Å². The predicted octanol–water partition coefficient (Wildman–Crippen LogP) is 3.14. The SMILES string of the molecule is O=C(CBr)Cc1ccc(Cl)cc1S. The van der Waals surface area contributed by atoms with Gasteiger partial charge in [-0.25, -0.2) is 0 Å². The molecule has 70 valence electrons. The van der Waals surface area contributed by atoms with Crippen molar-refractivity contribution in [2.45, 2.75) is 11.3 Å². The van der Waals surface area contributed by atoms with Crippen molar-refractivity contribution in [1.29, 1.82) is 0 Å². The van der Waals surface area contributed by atoms with Crippen LogP contribution in [0.4, 0.5) is 0 Å². The molecule has 13 heavy (non-hydrogen) atoms. The molecule has 0 unspecified atom stereocenters. The summed E-state index contributed by atoms with van der Waals surface area (Å²) in [5.74, 6) is 0.137. The largest absolute Gasteiger partial charge is 0.298 e. The number of ketones is 1. The molecular weight excluding hydrogens is 272 g/mol. The molecule has 0 atom stereocenters. The van der Waals surface area contributed by atoms with Crippen LogP contribution >= 0.6 is 40.2 Å². The van der Waals surface area contributed by atoms with Crippen LogP contribution in [0.5, 0.6) is 0 Å². The van der Waals surface area contributed by atoms with E-state index in [1.807, 2.05) is 6.07 Å². The molecule has 1 nitrogen and oxygen atoms in total. The van der Waals surface area contributed by atoms with Gasteiger partial charge in [0.05, 0.1) is 5.33 Å². The Hall–Kier alpha value is 0.01000. The van der Waals surface area contributed by atoms with Gasteiger partial charge in [0.1, 0.15) is 5.78 Å². The number of thiol groups is 1. The fourth-order valence-electron chi connectivity index (χ4n) is 0.946. The summed E-state index contributed by atoms with van der Waals surface area (Å²) in [6, 6.07) is 5.32. The number of rotatable bonds is 3. The Labute approximate surface area is 96.0 Å². The van der Waals surface area contributed by atoms with Crippen LogP contribution in [0, 0.1) is 0 Å². The van der Waals surface area contributed by atoms with Gasteiger partial charge in [0.25, 0.3) is 0 Å². The number of halogens is 2. The molecule has 0 spiro atoms. The van der Waals surface area contributed by atoms with E-state index >= 15 is 0 Å². The normalized spacial score (nSPS) is 10.1. The van der Waals surface area contributed by atoms with Gasteiger partial charge in [0.15, 0.2) is 0 Å². The predicted molar refractivity (Wildman–Crippen MR) is 61.2 cm³/mol. The third-order valence-electron chi connectivity index (χ3n) is 1.58. The van der Waals surface area contributed by atoms with E-state index in [2.05, 4.69) is 28.6 Å². The Bertz CT molecular complexity index is 327. The zero-order valence-corrected chi connectivity index (χ0v) is 9.99. The summed E-state index contributed by atoms with van der Waals surface area (Å²) in [4.78, 5) is 11.9. The van der Waals surface area contributed by atoms with Gasteiger partial charge in [0, 0.05) is 16.3 Å². The molecular formula is C9H8BrClOS. The van der Waals surface area contributed by atoms with E-state index in [1.54, 1.807) is 12.1 Å². The second kappa shape index (κ2) is 5.03. The van der Waals surface area contributed by atoms with Crippen molar-refractivity contribution in [2.75, 3.05) is 5.33 Å². The first-order chi connectivity index (χ1) is 6.13. The highest BCUT2D eigenvalue weighted by Gasteiger charge is 2.05. The first-order valence-corrected chi connectivity index (χ1v) is 5.63. The highest BCUT2D eigenvalue weighted by molar-refractivity contribution is 9.09. The molecule has 0 radical (unpaired) electrons. The van der Waals surface area contributed by atoms with Gasteiger partial charge < -0.3 is 0 Å². The molecule has 0 saturated carbocycles. The second-order valence-corrected chi connectivity index (χ2v) is 4.10. The van der Waals surface area contributed by atoms with E-state index in [9.17, 15) is 4.79 Å². The molecule has 1 aromatic carbocycles. The fraction of sp³-hybridized carbons (Fsp3) is 0.222. The Morgan fingerprint density at radius 1 is 1.54 bits per heavy atom. The summed E-state index contributed by atoms with van der Waals surface area (Å²) in [5, 5.41) is 1.02. The molecule has 0 fully saturated rings. The summed E-state index contributed by atoms with van der Waals surface area (Å²) in [6.45, 7) is 0. The standard InChI is InChI=1S/C9H8BrClOS/c10-5-8(12)3-6-1-2-7(11)4-9(6)13/h1-2,4,13H,3,5H2. The monoisotopic (exact) mass is 278 g/mol. The minimum Gasteiger partial charge on any atom is -0.298 e. The molecule has 0 aliphatic rings. The first kappa shape index (κ1) is 11.1. The van der Waals surface area contributed by atoms with Gasteiger partial charge in [-0.05, 0) is 17.7 Å². The number of hydrogen-bond donors (Lipinski definition) is 1. The van der Waals surface area contributed by atoms with Crippen LogP contribution in [-0.4, -0.2) is 11.1 Å². The number of carbonyl (C=O) groups excluding carboxylic acids is 1. The summed E-state index contributed by atoms with van der Waals surface area (Å²) in [7, 11) is 0. The van der Waals surface area contributed by atoms with E-state index < -0.39 is 0 Å². The van der Waals surface area contributed by atoms with Gasteiger partial charge in [-0.15, -0.1) is 12.6 Å². The number of alkyl halides is 1. The maximum absolute atomic E-state index is 11.1. The summed E-state index contributed by atoms with van der Waals surface area (Å²) < 4.78 is 0. The fourth-order valence-corrected chi connectivity index (χ4v) is 1.69. The van der Waals surface area contributed by atoms with Crippen LogP contribution in [0.1, 0.15) is 5.56 Å². The van der Waals surface area contributed by atoms with Crippen LogP contribution in [-0.2, 0) is 11.2 Å². The van der Waals surface area contributed by atoms with Crippen LogP contribution in [0.2, 0.25) is 5.02 Å². The van der Waals surface area contributed by atoms with Crippen molar-refractivity contribution in [3.05, 3.63) is 28.8 Å². The third kappa shape index (κ3) is 3.33. The van der Waals surface area contributed by atoms with Gasteiger partial charge in [-0.3, -0.25) is 4.79 Å². The molecule has 0 bridgehead atoms. The molecule has 4 heteroatoms. The Morgan fingerprint density at radius 3 is 2.77 bits per heavy atom. The minimum absolute atomic E-state index is 0.137. The molecule has 0 amide bonds. The second-order valence-electron chi connectivity index (χ2n) is 2.62. The smallest absolute Gasteiger partial charge is 0.147 e. The molecule has 0 aliphatic heterocycles. The zero-order chi connectivity index (χ0) is 9.84. The molecule has 0 aromatic heterocycles. The highest BCUT2D eigenvalue weighted by Crippen LogP contribution is 2.19. The van der Waals surface area contributed by atoms with Gasteiger partial charge in [0.2, 0.25) is 0 Å². The number of hydrogen-bond acceptors (Lipinski definition) is 2. The lowest BCUT2D eigenvalue weighted by Gasteiger charge is -2.02. The summed E-state index contributed by atoms with van der Waals surface area (Å²) in [6.07, 6.45) is 0.404. The van der Waals surface area contributed by atoms with Crippen LogP contribution < -0.4 is 0 Å². The quantitative estimate of drug-likeness (QED) is 0.664. The number of Topliss-reactive ketones (excluding diaryl/α,β-unsaturated/α-hetero) is 1. The maximum Gasteiger partial charge on any atom is 0.147 e. The molecule has 1 aromatic rings. The topological polar surface area (TPSA) is 17.1 Å². The van der Waals surface area contributed by atoms with E-state index in [4.69, 9.17) is 11.6 Å². The van der Waals surface area contributed by atoms with Crippen molar-refractivity contribution >= 4 is 45.9 Å². The lowest BCUT2D eigenvalue weighted by molar-refractivity contribution is -0.115. The van der Waals surface area contributed by atoms with Crippen molar-refractivity contribution in [3.8, 4) is 0 Å². The number of carbonyl (C=O) groups is 1. The average molecular weight is 280 g/mol. The number of benzene rings is 1. The van der Waals surface area contributed by atoms with Crippen molar-refractivity contribution in [3.63, 3.8) is 0 Å². The lowest BCUT2D eigenvalue weighted by atomic mass is 10.1. The van der Waals surface area contributed by atoms with E-state index in [-0.39, 0.29) is 5.78 Å². The molecule has 1 rings (SSSR count). The van der Waals surface area contributed by atoms with Gasteiger partial charge >= 0.3 is 0 Å². The summed E-state index contributed by atoms with van der Waals surface area (Å²) in [5.41, 5.74) is 0.914. The van der Waals surface area contributed by atoms with Crippen LogP contribution in [0.25, 0.3) is 0 Å². The Kier molecular flexibility index (Phi) is 4.29. The average Bonchev–Trinajstić information content (AvgIpc) is 2.09. The molecule has 0 saturated heterocycles. The van der Waals surface area contributed by atoms with Crippen LogP contribution in [0.3, 0.4) is 0 Å². The van der Waals surface area contributed by atoms with E-state index in [0.29, 0.717) is 16.8 Å². The third-order valence-corrected chi connectivity index (χ3v) is 2.86. The maximum atomic E-state index is 11.1. The highest BCUT2D eigenvalue weighted by atomic mass is 79.9. The first-order valence-electron chi connectivity index (χ1n) is 3.68.